The van der Waals surface area contributed by atoms with Crippen molar-refractivity contribution in [1.82, 2.24) is 4.90 Å². The number of hydrogen-bond donors (Lipinski definition) is 1. The van der Waals surface area contributed by atoms with Crippen LogP contribution in [0.1, 0.15) is 40.0 Å². The molecule has 0 radical (unpaired) electrons. The molecular formula is C15H25BF4N2O. The van der Waals surface area contributed by atoms with E-state index in [2.05, 4.69) is 55.9 Å². The lowest BCUT2D eigenvalue weighted by Gasteiger charge is -2.41. The first kappa shape index (κ1) is 18.3. The van der Waals surface area contributed by atoms with Gasteiger partial charge in [0.05, 0.1) is 6.20 Å². The predicted octanol–water partition coefficient (Wildman–Crippen LogP) is 3.32. The Bertz CT molecular complexity index is 528. The lowest BCUT2D eigenvalue weighted by Crippen LogP contribution is -2.50. The summed E-state index contributed by atoms with van der Waals surface area (Å²) in [6, 6.07) is 0. The zero-order valence-electron chi connectivity index (χ0n) is 14.1. The van der Waals surface area contributed by atoms with Crippen molar-refractivity contribution in [2.24, 2.45) is 16.7 Å². The summed E-state index contributed by atoms with van der Waals surface area (Å²) in [6.07, 6.45) is 9.53. The van der Waals surface area contributed by atoms with Gasteiger partial charge in [0.1, 0.15) is 5.60 Å². The third kappa shape index (κ3) is 3.27. The molecule has 0 amide bonds. The summed E-state index contributed by atoms with van der Waals surface area (Å²) < 4.78 is 41.1. The minimum absolute atomic E-state index is 0.0136. The zero-order chi connectivity index (χ0) is 17.7. The van der Waals surface area contributed by atoms with E-state index < -0.39 is 12.9 Å². The largest absolute Gasteiger partial charge is 0.673 e. The van der Waals surface area contributed by atoms with Crippen LogP contribution in [-0.2, 0) is 0 Å². The second-order valence-electron chi connectivity index (χ2n) is 7.75. The summed E-state index contributed by atoms with van der Waals surface area (Å²) in [5.41, 5.74) is -0.387. The fourth-order valence-electron chi connectivity index (χ4n) is 4.43. The van der Waals surface area contributed by atoms with Gasteiger partial charge in [-0.2, -0.15) is 4.58 Å². The molecule has 3 aliphatic rings. The molecule has 2 bridgehead atoms. The molecule has 2 aliphatic carbocycles. The van der Waals surface area contributed by atoms with E-state index in [1.165, 1.54) is 6.42 Å². The van der Waals surface area contributed by atoms with Crippen LogP contribution >= 0.6 is 0 Å². The molecule has 0 aromatic heterocycles. The standard InChI is InChI=1S/C15H25N2O.BF4/c1-13(2)12-5-6-14(13,3)15(18,9-12)10-17-8-7-16(4)11-17;2-1(3,4)5/h7-8,10,12,18H,5-6,9,11H2,1-4H3;/q+1;-1. The first-order valence-corrected chi connectivity index (χ1v) is 7.89. The van der Waals surface area contributed by atoms with Crippen molar-refractivity contribution in [3.8, 4) is 0 Å². The molecule has 3 atom stereocenters. The fraction of sp³-hybridized carbons (Fsp3) is 0.800. The quantitative estimate of drug-likeness (QED) is 0.452. The van der Waals surface area contributed by atoms with E-state index in [9.17, 15) is 22.4 Å². The predicted molar refractivity (Wildman–Crippen MR) is 82.5 cm³/mol. The van der Waals surface area contributed by atoms with Crippen LogP contribution in [0, 0.1) is 16.7 Å². The molecular weight excluding hydrogens is 311 g/mol. The number of aliphatic hydroxyl groups is 1. The SMILES string of the molecule is CN1C=C[N+](=CC2(O)CC3CCC2(C)C3(C)C)C1.F[B-](F)(F)F. The molecule has 132 valence electrons. The molecule has 8 heteroatoms. The Morgan fingerprint density at radius 2 is 1.83 bits per heavy atom. The van der Waals surface area contributed by atoms with Crippen molar-refractivity contribution in [1.29, 1.82) is 0 Å². The number of hydrogen-bond acceptors (Lipinski definition) is 2. The maximum absolute atomic E-state index is 11.2. The average molecular weight is 336 g/mol. The van der Waals surface area contributed by atoms with E-state index in [1.807, 2.05) is 0 Å². The van der Waals surface area contributed by atoms with Crippen LogP contribution in [0.5, 0.6) is 0 Å². The molecule has 1 N–H and O–H groups in total. The van der Waals surface area contributed by atoms with Crippen LogP contribution in [0.25, 0.3) is 0 Å². The smallest absolute Gasteiger partial charge is 0.418 e. The van der Waals surface area contributed by atoms with Crippen molar-refractivity contribution in [3.63, 3.8) is 0 Å². The van der Waals surface area contributed by atoms with Crippen molar-refractivity contribution < 1.29 is 26.9 Å². The van der Waals surface area contributed by atoms with E-state index in [4.69, 9.17) is 0 Å². The molecule has 23 heavy (non-hydrogen) atoms. The molecule has 0 aromatic rings. The van der Waals surface area contributed by atoms with Gasteiger partial charge in [-0.1, -0.05) is 20.8 Å². The van der Waals surface area contributed by atoms with Crippen LogP contribution in [0.4, 0.5) is 17.3 Å². The molecule has 0 aromatic carbocycles. The van der Waals surface area contributed by atoms with Crippen LogP contribution in [-0.4, -0.2) is 47.4 Å². The highest BCUT2D eigenvalue weighted by molar-refractivity contribution is 6.50. The van der Waals surface area contributed by atoms with Gasteiger partial charge in [-0.05, 0) is 30.6 Å². The lowest BCUT2D eigenvalue weighted by atomic mass is 9.65. The van der Waals surface area contributed by atoms with Gasteiger partial charge in [0.25, 0.3) is 0 Å². The Morgan fingerprint density at radius 1 is 1.26 bits per heavy atom. The number of halogens is 4. The van der Waals surface area contributed by atoms with Crippen LogP contribution in [0.3, 0.4) is 0 Å². The molecule has 1 heterocycles. The third-order valence-electron chi connectivity index (χ3n) is 6.23. The topological polar surface area (TPSA) is 26.5 Å². The van der Waals surface area contributed by atoms with E-state index in [1.54, 1.807) is 0 Å². The summed E-state index contributed by atoms with van der Waals surface area (Å²) in [6.45, 7) is 7.80. The Morgan fingerprint density at radius 3 is 2.17 bits per heavy atom. The van der Waals surface area contributed by atoms with Crippen LogP contribution in [0.2, 0.25) is 0 Å². The summed E-state index contributed by atoms with van der Waals surface area (Å²) in [4.78, 5) is 2.13. The maximum atomic E-state index is 11.2. The molecule has 2 saturated carbocycles. The first-order chi connectivity index (χ1) is 10.3. The molecule has 3 unspecified atom stereocenters. The van der Waals surface area contributed by atoms with E-state index in [-0.39, 0.29) is 10.8 Å². The van der Waals surface area contributed by atoms with Gasteiger partial charge in [0.15, 0.2) is 12.4 Å². The van der Waals surface area contributed by atoms with Crippen LogP contribution in [0.15, 0.2) is 12.4 Å². The molecule has 3 nitrogen and oxygen atoms in total. The van der Waals surface area contributed by atoms with Crippen molar-refractivity contribution in [3.05, 3.63) is 12.4 Å². The van der Waals surface area contributed by atoms with E-state index in [0.717, 1.165) is 19.5 Å². The summed E-state index contributed by atoms with van der Waals surface area (Å²) in [7, 11) is -3.94. The molecule has 3 rings (SSSR count). The molecule has 1 aliphatic heterocycles. The summed E-state index contributed by atoms with van der Waals surface area (Å²) in [5.74, 6) is 0.660. The third-order valence-corrected chi connectivity index (χ3v) is 6.23. The summed E-state index contributed by atoms with van der Waals surface area (Å²) >= 11 is 0. The van der Waals surface area contributed by atoms with Gasteiger partial charge in [-0.15, -0.1) is 0 Å². The second kappa shape index (κ2) is 5.50. The Balaban J connectivity index is 0.000000338. The van der Waals surface area contributed by atoms with Gasteiger partial charge < -0.3 is 27.3 Å². The van der Waals surface area contributed by atoms with Crippen LogP contribution < -0.4 is 0 Å². The summed E-state index contributed by atoms with van der Waals surface area (Å²) in [5, 5.41) is 11.2. The Labute approximate surface area is 134 Å². The second-order valence-corrected chi connectivity index (χ2v) is 7.75. The monoisotopic (exact) mass is 336 g/mol. The first-order valence-electron chi connectivity index (χ1n) is 7.89. The highest BCUT2D eigenvalue weighted by Crippen LogP contribution is 2.69. The highest BCUT2D eigenvalue weighted by Gasteiger charge is 2.69. The Hall–Kier alpha value is -1.05. The average Bonchev–Trinajstić information content (AvgIpc) is 2.88. The molecule has 2 fully saturated rings. The minimum atomic E-state index is -6.00. The van der Waals surface area contributed by atoms with Gasteiger partial charge in [0, 0.05) is 12.5 Å². The number of rotatable bonds is 1. The van der Waals surface area contributed by atoms with Crippen molar-refractivity contribution in [2.75, 3.05) is 13.7 Å². The zero-order valence-corrected chi connectivity index (χ0v) is 14.1. The van der Waals surface area contributed by atoms with Crippen molar-refractivity contribution >= 4 is 13.5 Å². The van der Waals surface area contributed by atoms with Crippen molar-refractivity contribution in [2.45, 2.75) is 45.6 Å². The fourth-order valence-corrected chi connectivity index (χ4v) is 4.43. The van der Waals surface area contributed by atoms with E-state index >= 15 is 0 Å². The van der Waals surface area contributed by atoms with E-state index in [0.29, 0.717) is 5.92 Å². The van der Waals surface area contributed by atoms with Gasteiger partial charge in [0.2, 0.25) is 6.67 Å². The maximum Gasteiger partial charge on any atom is 0.673 e. The highest BCUT2D eigenvalue weighted by atomic mass is 19.5. The van der Waals surface area contributed by atoms with Gasteiger partial charge in [-0.25, -0.2) is 0 Å². The van der Waals surface area contributed by atoms with Gasteiger partial charge in [-0.3, -0.25) is 0 Å². The minimum Gasteiger partial charge on any atom is -0.418 e. The molecule has 0 saturated heterocycles. The van der Waals surface area contributed by atoms with Gasteiger partial charge >= 0.3 is 7.25 Å². The number of fused-ring (bicyclic) bond motifs is 2. The normalized spacial score (nSPS) is 39.8. The molecule has 0 spiro atoms. The Kier molecular flexibility index (Phi) is 4.37. The number of nitrogens with zero attached hydrogens (tertiary/aromatic N) is 2. The lowest BCUT2D eigenvalue weighted by molar-refractivity contribution is -0.463.